The van der Waals surface area contributed by atoms with Gasteiger partial charge in [0.1, 0.15) is 11.6 Å². The molecule has 114 valence electrons. The maximum atomic E-state index is 12.3. The smallest absolute Gasteiger partial charge is 0.267 e. The zero-order valence-corrected chi connectivity index (χ0v) is 15.3. The van der Waals surface area contributed by atoms with Crippen molar-refractivity contribution in [1.29, 1.82) is 5.26 Å². The second kappa shape index (κ2) is 6.50. The summed E-state index contributed by atoms with van der Waals surface area (Å²) in [7, 11) is 0. The Hall–Kier alpha value is -1.58. The topological polar surface area (TPSA) is 56.6 Å². The minimum Gasteiger partial charge on any atom is -0.321 e. The van der Waals surface area contributed by atoms with Gasteiger partial charge in [-0.05, 0) is 45.8 Å². The number of pyridine rings is 1. The Morgan fingerprint density at radius 1 is 1.17 bits per heavy atom. The zero-order valence-electron chi connectivity index (χ0n) is 11.4. The quantitative estimate of drug-likeness (QED) is 0.571. The van der Waals surface area contributed by atoms with Crippen molar-refractivity contribution in [1.82, 2.24) is 4.98 Å². The molecule has 2 aromatic heterocycles. The number of hydrogen-bond acceptors (Lipinski definition) is 3. The summed E-state index contributed by atoms with van der Waals surface area (Å²) in [6, 6.07) is 10.7. The van der Waals surface area contributed by atoms with Gasteiger partial charge in [0.15, 0.2) is 0 Å². The Kier molecular flexibility index (Phi) is 4.60. The van der Waals surface area contributed by atoms with Crippen LogP contribution in [-0.2, 0) is 0 Å². The lowest BCUT2D eigenvalue weighted by atomic mass is 10.0. The third-order valence-corrected chi connectivity index (χ3v) is 5.67. The molecule has 7 heteroatoms. The minimum atomic E-state index is -0.435. The van der Waals surface area contributed by atoms with Gasteiger partial charge in [0, 0.05) is 26.0 Å². The highest BCUT2D eigenvalue weighted by Crippen LogP contribution is 2.34. The fourth-order valence-electron chi connectivity index (χ4n) is 2.14. The van der Waals surface area contributed by atoms with E-state index in [4.69, 9.17) is 23.2 Å². The van der Waals surface area contributed by atoms with Crippen molar-refractivity contribution in [3.63, 3.8) is 0 Å². The molecule has 0 bridgehead atoms. The van der Waals surface area contributed by atoms with E-state index in [-0.39, 0.29) is 5.56 Å². The number of nitriles is 1. The van der Waals surface area contributed by atoms with E-state index >= 15 is 0 Å². The lowest BCUT2D eigenvalue weighted by Crippen LogP contribution is -2.12. The fourth-order valence-corrected chi connectivity index (χ4v) is 3.89. The van der Waals surface area contributed by atoms with Crippen LogP contribution in [0.4, 0.5) is 0 Å². The highest BCUT2D eigenvalue weighted by atomic mass is 79.9. The van der Waals surface area contributed by atoms with Crippen molar-refractivity contribution >= 4 is 50.5 Å². The van der Waals surface area contributed by atoms with Crippen LogP contribution in [0.3, 0.4) is 0 Å². The average Bonchev–Trinajstić information content (AvgIpc) is 2.95. The Morgan fingerprint density at radius 2 is 1.96 bits per heavy atom. The SMILES string of the molecule is N#Cc1c(-c2cc(Br)cs2)cc(-c2ccc(Cl)c(Cl)c2)[nH]c1=O. The lowest BCUT2D eigenvalue weighted by Gasteiger charge is -2.07. The number of nitrogens with zero attached hydrogens (tertiary/aromatic N) is 1. The third kappa shape index (κ3) is 3.22. The Labute approximate surface area is 154 Å². The van der Waals surface area contributed by atoms with Gasteiger partial charge in [0.05, 0.1) is 10.0 Å². The molecule has 3 nitrogen and oxygen atoms in total. The summed E-state index contributed by atoms with van der Waals surface area (Å²) in [5.41, 5.74) is 1.54. The molecule has 0 saturated heterocycles. The van der Waals surface area contributed by atoms with Crippen molar-refractivity contribution in [2.75, 3.05) is 0 Å². The molecule has 1 N–H and O–H groups in total. The molecule has 0 fully saturated rings. The number of benzene rings is 1. The van der Waals surface area contributed by atoms with E-state index in [1.165, 1.54) is 11.3 Å². The number of hydrogen-bond donors (Lipinski definition) is 1. The molecule has 0 aliphatic heterocycles. The van der Waals surface area contributed by atoms with E-state index in [1.54, 1.807) is 24.3 Å². The number of H-pyrrole nitrogens is 1. The van der Waals surface area contributed by atoms with E-state index in [1.807, 2.05) is 17.5 Å². The van der Waals surface area contributed by atoms with Crippen molar-refractivity contribution in [2.24, 2.45) is 0 Å². The van der Waals surface area contributed by atoms with Gasteiger partial charge in [-0.1, -0.05) is 29.3 Å². The fraction of sp³-hybridized carbons (Fsp3) is 0. The van der Waals surface area contributed by atoms with Crippen molar-refractivity contribution < 1.29 is 0 Å². The second-order valence-corrected chi connectivity index (χ2v) is 7.31. The molecule has 2 heterocycles. The van der Waals surface area contributed by atoms with Crippen molar-refractivity contribution in [2.45, 2.75) is 0 Å². The standard InChI is InChI=1S/C16H7BrCl2N2OS/c17-9-4-15(23-7-9)10-5-14(21-16(22)11(10)6-20)8-1-2-12(18)13(19)3-8/h1-5,7H,(H,21,22). The predicted octanol–water partition coefficient (Wildman–Crippen LogP) is 5.71. The Balaban J connectivity index is 2.24. The number of aromatic nitrogens is 1. The summed E-state index contributed by atoms with van der Waals surface area (Å²) in [6.07, 6.45) is 0. The highest BCUT2D eigenvalue weighted by molar-refractivity contribution is 9.10. The number of halogens is 3. The summed E-state index contributed by atoms with van der Waals surface area (Å²) < 4.78 is 0.901. The van der Waals surface area contributed by atoms with Crippen LogP contribution in [0.5, 0.6) is 0 Å². The van der Waals surface area contributed by atoms with Crippen LogP contribution in [0.15, 0.2) is 45.0 Å². The molecule has 0 aliphatic carbocycles. The molecule has 3 aromatic rings. The van der Waals surface area contributed by atoms with Gasteiger partial charge in [-0.25, -0.2) is 0 Å². The van der Waals surface area contributed by atoms with Crippen LogP contribution in [0.2, 0.25) is 10.0 Å². The molecule has 23 heavy (non-hydrogen) atoms. The molecule has 0 unspecified atom stereocenters. The molecular weight excluding hydrogens is 419 g/mol. The van der Waals surface area contributed by atoms with E-state index in [9.17, 15) is 10.1 Å². The summed E-state index contributed by atoms with van der Waals surface area (Å²) in [5, 5.41) is 12.0. The summed E-state index contributed by atoms with van der Waals surface area (Å²) in [4.78, 5) is 15.8. The van der Waals surface area contributed by atoms with Crippen LogP contribution < -0.4 is 5.56 Å². The van der Waals surface area contributed by atoms with E-state index < -0.39 is 5.56 Å². The summed E-state index contributed by atoms with van der Waals surface area (Å²) in [5.74, 6) is 0. The summed E-state index contributed by atoms with van der Waals surface area (Å²) in [6.45, 7) is 0. The first-order valence-corrected chi connectivity index (χ1v) is 8.79. The van der Waals surface area contributed by atoms with Crippen molar-refractivity contribution in [3.05, 3.63) is 66.1 Å². The van der Waals surface area contributed by atoms with Crippen molar-refractivity contribution in [3.8, 4) is 27.8 Å². The van der Waals surface area contributed by atoms with Gasteiger partial charge < -0.3 is 4.98 Å². The lowest BCUT2D eigenvalue weighted by molar-refractivity contribution is 1.22. The largest absolute Gasteiger partial charge is 0.321 e. The van der Waals surface area contributed by atoms with Gasteiger partial charge in [-0.2, -0.15) is 5.26 Å². The minimum absolute atomic E-state index is 0.0863. The Morgan fingerprint density at radius 3 is 2.57 bits per heavy atom. The predicted molar refractivity (Wildman–Crippen MR) is 98.2 cm³/mol. The molecule has 3 rings (SSSR count). The van der Waals surface area contributed by atoms with Gasteiger partial charge in [0.2, 0.25) is 0 Å². The molecule has 0 spiro atoms. The average molecular weight is 426 g/mol. The maximum absolute atomic E-state index is 12.3. The number of aromatic amines is 1. The number of nitrogens with one attached hydrogen (secondary N) is 1. The molecule has 0 saturated carbocycles. The molecule has 0 radical (unpaired) electrons. The van der Waals surface area contributed by atoms with Crippen LogP contribution in [-0.4, -0.2) is 4.98 Å². The molecule has 0 amide bonds. The third-order valence-electron chi connectivity index (χ3n) is 3.21. The van der Waals surface area contributed by atoms with Gasteiger partial charge >= 0.3 is 0 Å². The normalized spacial score (nSPS) is 10.5. The van der Waals surface area contributed by atoms with E-state index in [0.29, 0.717) is 21.3 Å². The van der Waals surface area contributed by atoms with Crippen LogP contribution in [0.1, 0.15) is 5.56 Å². The maximum Gasteiger partial charge on any atom is 0.267 e. The molecular formula is C16H7BrCl2N2OS. The van der Waals surface area contributed by atoms with Gasteiger partial charge in [-0.15, -0.1) is 11.3 Å². The highest BCUT2D eigenvalue weighted by Gasteiger charge is 2.14. The zero-order chi connectivity index (χ0) is 16.6. The number of rotatable bonds is 2. The molecule has 1 aromatic carbocycles. The van der Waals surface area contributed by atoms with Crippen LogP contribution >= 0.6 is 50.5 Å². The van der Waals surface area contributed by atoms with E-state index in [0.717, 1.165) is 14.9 Å². The molecule has 0 atom stereocenters. The monoisotopic (exact) mass is 424 g/mol. The van der Waals surface area contributed by atoms with E-state index in [2.05, 4.69) is 20.9 Å². The second-order valence-electron chi connectivity index (χ2n) is 4.67. The first kappa shape index (κ1) is 16.3. The first-order valence-electron chi connectivity index (χ1n) is 6.37. The number of thiophene rings is 1. The van der Waals surface area contributed by atoms with Gasteiger partial charge in [-0.3, -0.25) is 4.79 Å². The summed E-state index contributed by atoms with van der Waals surface area (Å²) >= 11 is 16.8. The Bertz CT molecular complexity index is 1000. The van der Waals surface area contributed by atoms with Gasteiger partial charge in [0.25, 0.3) is 5.56 Å². The molecule has 0 aliphatic rings. The van der Waals surface area contributed by atoms with Crippen LogP contribution in [0.25, 0.3) is 21.7 Å². The van der Waals surface area contributed by atoms with Crippen LogP contribution in [0, 0.1) is 11.3 Å². The first-order chi connectivity index (χ1) is 11.0.